The van der Waals surface area contributed by atoms with E-state index in [4.69, 9.17) is 39.5 Å². The minimum absolute atomic E-state index is 0.0890. The zero-order valence-corrected chi connectivity index (χ0v) is 19.0. The van der Waals surface area contributed by atoms with Crippen LogP contribution >= 0.6 is 34.8 Å². The molecule has 30 heavy (non-hydrogen) atoms. The van der Waals surface area contributed by atoms with Crippen molar-refractivity contribution < 1.29 is 24.5 Å². The van der Waals surface area contributed by atoms with Crippen molar-refractivity contribution in [1.29, 1.82) is 0 Å². The van der Waals surface area contributed by atoms with Crippen molar-refractivity contribution in [2.24, 2.45) is 0 Å². The first-order valence-electron chi connectivity index (χ1n) is 9.21. The molecule has 1 aliphatic heterocycles. The third kappa shape index (κ3) is 3.21. The van der Waals surface area contributed by atoms with E-state index in [0.29, 0.717) is 11.0 Å². The van der Waals surface area contributed by atoms with Gasteiger partial charge in [-0.15, -0.1) is 11.6 Å². The Labute approximate surface area is 188 Å². The number of hydrogen-bond donors (Lipinski definition) is 3. The van der Waals surface area contributed by atoms with E-state index < -0.39 is 35.1 Å². The number of benzene rings is 1. The number of aromatic nitrogens is 2. The number of anilines is 1. The Morgan fingerprint density at radius 1 is 1.20 bits per heavy atom. The molecule has 1 aliphatic rings. The highest BCUT2D eigenvalue weighted by Crippen LogP contribution is 2.49. The average Bonchev–Trinajstić information content (AvgIpc) is 3.08. The highest BCUT2D eigenvalue weighted by atomic mass is 35.5. The fourth-order valence-corrected chi connectivity index (χ4v) is 4.42. The molecule has 11 heteroatoms. The molecule has 3 rings (SSSR count). The zero-order chi connectivity index (χ0) is 22.6. The molecule has 0 bridgehead atoms. The SMILES string of the molecule is CC(=O)[C@@]1(O)[C@@H](CCl)O[C@@H](n2c(NC(C)C)nc3cc(Cl)c(Cl)cc32)[C@@]1(O)C(C)=O. The summed E-state index contributed by atoms with van der Waals surface area (Å²) in [5.41, 5.74) is -4.42. The maximum absolute atomic E-state index is 12.7. The lowest BCUT2D eigenvalue weighted by Crippen LogP contribution is -2.65. The molecule has 0 spiro atoms. The molecule has 0 saturated carbocycles. The summed E-state index contributed by atoms with van der Waals surface area (Å²) in [6.07, 6.45) is -2.86. The molecule has 8 nitrogen and oxygen atoms in total. The molecule has 2 aromatic rings. The van der Waals surface area contributed by atoms with Crippen LogP contribution in [0, 0.1) is 0 Å². The number of ketones is 2. The van der Waals surface area contributed by atoms with Crippen molar-refractivity contribution in [2.75, 3.05) is 11.2 Å². The molecular formula is C19H22Cl3N3O5. The van der Waals surface area contributed by atoms with Crippen molar-refractivity contribution in [2.45, 2.75) is 57.3 Å². The first kappa shape index (κ1) is 23.2. The summed E-state index contributed by atoms with van der Waals surface area (Å²) in [6.45, 7) is 5.86. The van der Waals surface area contributed by atoms with Gasteiger partial charge in [0.05, 0.1) is 27.0 Å². The van der Waals surface area contributed by atoms with Crippen LogP contribution in [0.25, 0.3) is 11.0 Å². The Morgan fingerprint density at radius 3 is 2.27 bits per heavy atom. The van der Waals surface area contributed by atoms with Gasteiger partial charge in [-0.25, -0.2) is 4.98 Å². The minimum atomic E-state index is -2.63. The first-order chi connectivity index (χ1) is 13.9. The van der Waals surface area contributed by atoms with Gasteiger partial charge in [0, 0.05) is 6.04 Å². The fraction of sp³-hybridized carbons (Fsp3) is 0.526. The van der Waals surface area contributed by atoms with Gasteiger partial charge in [0.25, 0.3) is 0 Å². The standard InChI is InChI=1S/C19H22Cl3N3O5/c1-8(2)23-17-24-13-5-11(21)12(22)6-14(13)25(17)16-19(29,10(4)27)18(28,9(3)26)15(7-20)30-16/h5-6,8,15-16,28-29H,7H2,1-4H3,(H,23,24)/t15-,16-,18-,19+/m1/s1. The van der Waals surface area contributed by atoms with Crippen molar-refractivity contribution in [3.8, 4) is 0 Å². The molecule has 0 radical (unpaired) electrons. The van der Waals surface area contributed by atoms with Gasteiger partial charge in [-0.1, -0.05) is 23.2 Å². The number of ether oxygens (including phenoxy) is 1. The third-order valence-corrected chi connectivity index (χ3v) is 6.30. The second-order valence-electron chi connectivity index (χ2n) is 7.64. The molecule has 1 saturated heterocycles. The number of hydrogen-bond acceptors (Lipinski definition) is 7. The van der Waals surface area contributed by atoms with Gasteiger partial charge in [-0.05, 0) is 39.8 Å². The number of carbonyl (C=O) groups excluding carboxylic acids is 2. The Bertz CT molecular complexity index is 1030. The number of aliphatic hydroxyl groups is 2. The van der Waals surface area contributed by atoms with Gasteiger partial charge in [0.2, 0.25) is 11.5 Å². The van der Waals surface area contributed by atoms with E-state index in [9.17, 15) is 19.8 Å². The fourth-order valence-electron chi connectivity index (χ4n) is 3.81. The topological polar surface area (TPSA) is 114 Å². The number of carbonyl (C=O) groups is 2. The van der Waals surface area contributed by atoms with E-state index >= 15 is 0 Å². The molecule has 4 atom stereocenters. The van der Waals surface area contributed by atoms with Gasteiger partial charge < -0.3 is 20.3 Å². The third-order valence-electron chi connectivity index (χ3n) is 5.30. The Morgan fingerprint density at radius 2 is 1.77 bits per heavy atom. The largest absolute Gasteiger partial charge is 0.376 e. The summed E-state index contributed by atoms with van der Waals surface area (Å²) < 4.78 is 7.23. The van der Waals surface area contributed by atoms with Crippen molar-refractivity contribution in [3.05, 3.63) is 22.2 Å². The number of Topliss-reactive ketones (excluding diaryl/α,β-unsaturated/α-hetero) is 2. The smallest absolute Gasteiger partial charge is 0.206 e. The van der Waals surface area contributed by atoms with Crippen LogP contribution < -0.4 is 5.32 Å². The number of imidazole rings is 1. The normalized spacial score (nSPS) is 29.0. The quantitative estimate of drug-likeness (QED) is 0.547. The lowest BCUT2D eigenvalue weighted by molar-refractivity contribution is -0.180. The summed E-state index contributed by atoms with van der Waals surface area (Å²) in [4.78, 5) is 29.6. The van der Waals surface area contributed by atoms with Gasteiger partial charge in [0.15, 0.2) is 23.4 Å². The van der Waals surface area contributed by atoms with Gasteiger partial charge in [-0.2, -0.15) is 0 Å². The summed E-state index contributed by atoms with van der Waals surface area (Å²) in [5, 5.41) is 26.3. The lowest BCUT2D eigenvalue weighted by atomic mass is 9.75. The van der Waals surface area contributed by atoms with Gasteiger partial charge in [-0.3, -0.25) is 14.2 Å². The predicted octanol–water partition coefficient (Wildman–Crippen LogP) is 2.94. The van der Waals surface area contributed by atoms with Crippen LogP contribution in [0.3, 0.4) is 0 Å². The van der Waals surface area contributed by atoms with Crippen molar-refractivity contribution >= 4 is 63.4 Å². The molecule has 0 aliphatic carbocycles. The van der Waals surface area contributed by atoms with Crippen LogP contribution in [0.4, 0.5) is 5.95 Å². The number of nitrogens with zero attached hydrogens (tertiary/aromatic N) is 2. The maximum atomic E-state index is 12.7. The van der Waals surface area contributed by atoms with E-state index in [0.717, 1.165) is 13.8 Å². The van der Waals surface area contributed by atoms with Crippen LogP contribution in [0.1, 0.15) is 33.9 Å². The summed E-state index contributed by atoms with van der Waals surface area (Å²) >= 11 is 18.2. The van der Waals surface area contributed by atoms with Gasteiger partial charge >= 0.3 is 0 Å². The average molecular weight is 479 g/mol. The summed E-state index contributed by atoms with van der Waals surface area (Å²) in [6, 6.07) is 2.94. The van der Waals surface area contributed by atoms with E-state index in [-0.39, 0.29) is 27.9 Å². The van der Waals surface area contributed by atoms with E-state index in [1.165, 1.54) is 16.7 Å². The highest BCUT2D eigenvalue weighted by Gasteiger charge is 2.71. The van der Waals surface area contributed by atoms with E-state index in [1.54, 1.807) is 0 Å². The van der Waals surface area contributed by atoms with E-state index in [1.807, 2.05) is 13.8 Å². The van der Waals surface area contributed by atoms with Crippen LogP contribution in [-0.2, 0) is 14.3 Å². The van der Waals surface area contributed by atoms with Crippen molar-refractivity contribution in [3.63, 3.8) is 0 Å². The lowest BCUT2D eigenvalue weighted by Gasteiger charge is -2.37. The second kappa shape index (κ2) is 7.93. The monoisotopic (exact) mass is 477 g/mol. The number of nitrogens with one attached hydrogen (secondary N) is 1. The number of fused-ring (bicyclic) bond motifs is 1. The molecule has 1 fully saturated rings. The molecule has 2 heterocycles. The first-order valence-corrected chi connectivity index (χ1v) is 10.5. The minimum Gasteiger partial charge on any atom is -0.376 e. The summed E-state index contributed by atoms with van der Waals surface area (Å²) in [7, 11) is 0. The molecule has 1 aromatic carbocycles. The van der Waals surface area contributed by atoms with Crippen LogP contribution in [-0.4, -0.2) is 60.6 Å². The molecular weight excluding hydrogens is 457 g/mol. The van der Waals surface area contributed by atoms with Crippen LogP contribution in [0.15, 0.2) is 12.1 Å². The Hall–Kier alpha value is -1.42. The van der Waals surface area contributed by atoms with Crippen LogP contribution in [0.2, 0.25) is 10.0 Å². The molecule has 164 valence electrons. The molecule has 1 aromatic heterocycles. The van der Waals surface area contributed by atoms with E-state index in [2.05, 4.69) is 10.3 Å². The predicted molar refractivity (Wildman–Crippen MR) is 114 cm³/mol. The Balaban J connectivity index is 2.36. The zero-order valence-electron chi connectivity index (χ0n) is 16.7. The number of rotatable bonds is 6. The Kier molecular flexibility index (Phi) is 6.14. The number of alkyl halides is 1. The van der Waals surface area contributed by atoms with Crippen molar-refractivity contribution in [1.82, 2.24) is 9.55 Å². The summed E-state index contributed by atoms with van der Waals surface area (Å²) in [5.74, 6) is -1.83. The van der Waals surface area contributed by atoms with Crippen LogP contribution in [0.5, 0.6) is 0 Å². The molecule has 0 unspecified atom stereocenters. The number of halogens is 3. The maximum Gasteiger partial charge on any atom is 0.206 e. The second-order valence-corrected chi connectivity index (χ2v) is 8.76. The molecule has 3 N–H and O–H groups in total. The molecule has 0 amide bonds. The highest BCUT2D eigenvalue weighted by molar-refractivity contribution is 6.42. The van der Waals surface area contributed by atoms with Gasteiger partial charge in [0.1, 0.15) is 6.10 Å².